The first-order chi connectivity index (χ1) is 5.27. The van der Waals surface area contributed by atoms with E-state index in [9.17, 15) is 0 Å². The average molecular weight is 151 g/mol. The SMILES string of the molecule is CC1CN(C)Cc2ccoc21. The Kier molecular flexibility index (Phi) is 1.50. The van der Waals surface area contributed by atoms with Gasteiger partial charge in [-0.3, -0.25) is 0 Å². The lowest BCUT2D eigenvalue weighted by molar-refractivity contribution is 0.265. The fourth-order valence-corrected chi connectivity index (χ4v) is 1.82. The zero-order valence-corrected chi connectivity index (χ0v) is 7.00. The van der Waals surface area contributed by atoms with Crippen molar-refractivity contribution < 1.29 is 4.42 Å². The number of hydrogen-bond acceptors (Lipinski definition) is 2. The second-order valence-corrected chi connectivity index (χ2v) is 3.41. The van der Waals surface area contributed by atoms with Crippen LogP contribution in [0.25, 0.3) is 0 Å². The van der Waals surface area contributed by atoms with Gasteiger partial charge in [0.15, 0.2) is 0 Å². The lowest BCUT2D eigenvalue weighted by Gasteiger charge is -2.26. The highest BCUT2D eigenvalue weighted by Crippen LogP contribution is 2.27. The summed E-state index contributed by atoms with van der Waals surface area (Å²) in [4.78, 5) is 2.32. The van der Waals surface area contributed by atoms with Gasteiger partial charge in [-0.05, 0) is 13.1 Å². The molecule has 1 aliphatic heterocycles. The molecule has 0 aromatic carbocycles. The topological polar surface area (TPSA) is 16.4 Å². The van der Waals surface area contributed by atoms with Crippen LogP contribution in [0.5, 0.6) is 0 Å². The highest BCUT2D eigenvalue weighted by molar-refractivity contribution is 5.22. The van der Waals surface area contributed by atoms with Gasteiger partial charge in [-0.25, -0.2) is 0 Å². The molecule has 11 heavy (non-hydrogen) atoms. The van der Waals surface area contributed by atoms with E-state index in [2.05, 4.69) is 24.9 Å². The Hall–Kier alpha value is -0.760. The highest BCUT2D eigenvalue weighted by Gasteiger charge is 2.21. The maximum absolute atomic E-state index is 5.39. The maximum atomic E-state index is 5.39. The van der Waals surface area contributed by atoms with Gasteiger partial charge >= 0.3 is 0 Å². The maximum Gasteiger partial charge on any atom is 0.112 e. The van der Waals surface area contributed by atoms with Crippen LogP contribution in [0.1, 0.15) is 24.2 Å². The molecule has 0 bridgehead atoms. The number of likely N-dealkylation sites (N-methyl/N-ethyl adjacent to an activating group) is 1. The van der Waals surface area contributed by atoms with Crippen molar-refractivity contribution in [3.05, 3.63) is 23.7 Å². The van der Waals surface area contributed by atoms with Crippen molar-refractivity contribution in [3.8, 4) is 0 Å². The molecule has 1 aromatic heterocycles. The minimum Gasteiger partial charge on any atom is -0.469 e. The van der Waals surface area contributed by atoms with E-state index >= 15 is 0 Å². The molecule has 0 aliphatic carbocycles. The fraction of sp³-hybridized carbons (Fsp3) is 0.556. The van der Waals surface area contributed by atoms with E-state index in [4.69, 9.17) is 4.42 Å². The monoisotopic (exact) mass is 151 g/mol. The van der Waals surface area contributed by atoms with E-state index in [1.54, 1.807) is 6.26 Å². The Balaban J connectivity index is 2.36. The largest absolute Gasteiger partial charge is 0.469 e. The van der Waals surface area contributed by atoms with E-state index in [0.717, 1.165) is 13.1 Å². The van der Waals surface area contributed by atoms with E-state index in [1.165, 1.54) is 11.3 Å². The van der Waals surface area contributed by atoms with Crippen molar-refractivity contribution in [1.29, 1.82) is 0 Å². The second kappa shape index (κ2) is 2.38. The Morgan fingerprint density at radius 2 is 2.45 bits per heavy atom. The van der Waals surface area contributed by atoms with Gasteiger partial charge in [0.25, 0.3) is 0 Å². The third-order valence-electron chi connectivity index (χ3n) is 2.25. The normalized spacial score (nSPS) is 25.1. The molecule has 2 rings (SSSR count). The minimum atomic E-state index is 0.554. The van der Waals surface area contributed by atoms with E-state index in [1.807, 2.05) is 0 Å². The van der Waals surface area contributed by atoms with Gasteiger partial charge in [-0.1, -0.05) is 6.92 Å². The van der Waals surface area contributed by atoms with Crippen molar-refractivity contribution in [2.45, 2.75) is 19.4 Å². The molecule has 0 amide bonds. The third kappa shape index (κ3) is 1.07. The fourth-order valence-electron chi connectivity index (χ4n) is 1.82. The molecule has 2 heterocycles. The molecule has 1 aliphatic rings. The Bertz CT molecular complexity index is 254. The molecule has 0 radical (unpaired) electrons. The minimum absolute atomic E-state index is 0.554. The number of furan rings is 1. The molecular formula is C9H13NO. The van der Waals surface area contributed by atoms with Crippen LogP contribution >= 0.6 is 0 Å². The molecule has 0 fully saturated rings. The Morgan fingerprint density at radius 1 is 1.64 bits per heavy atom. The second-order valence-electron chi connectivity index (χ2n) is 3.41. The Morgan fingerprint density at radius 3 is 3.27 bits per heavy atom. The Labute approximate surface area is 66.8 Å². The lowest BCUT2D eigenvalue weighted by atomic mass is 10.0. The zero-order chi connectivity index (χ0) is 7.84. The summed E-state index contributed by atoms with van der Waals surface area (Å²) in [7, 11) is 2.15. The molecular weight excluding hydrogens is 138 g/mol. The molecule has 60 valence electrons. The first kappa shape index (κ1) is 6.92. The van der Waals surface area contributed by atoms with E-state index < -0.39 is 0 Å². The quantitative estimate of drug-likeness (QED) is 0.562. The van der Waals surface area contributed by atoms with Gasteiger partial charge in [-0.2, -0.15) is 0 Å². The number of nitrogens with zero attached hydrogens (tertiary/aromatic N) is 1. The first-order valence-corrected chi connectivity index (χ1v) is 4.02. The summed E-state index contributed by atoms with van der Waals surface area (Å²) in [5, 5.41) is 0. The van der Waals surface area contributed by atoms with Gasteiger partial charge in [-0.15, -0.1) is 0 Å². The van der Waals surface area contributed by atoms with Crippen LogP contribution < -0.4 is 0 Å². The summed E-state index contributed by atoms with van der Waals surface area (Å²) >= 11 is 0. The van der Waals surface area contributed by atoms with Crippen LogP contribution in [0.15, 0.2) is 16.7 Å². The number of hydrogen-bond donors (Lipinski definition) is 0. The van der Waals surface area contributed by atoms with Gasteiger partial charge in [0, 0.05) is 24.6 Å². The van der Waals surface area contributed by atoms with Crippen LogP contribution in [0, 0.1) is 0 Å². The van der Waals surface area contributed by atoms with E-state index in [0.29, 0.717) is 5.92 Å². The van der Waals surface area contributed by atoms with Crippen molar-refractivity contribution >= 4 is 0 Å². The smallest absolute Gasteiger partial charge is 0.112 e. The molecule has 0 N–H and O–H groups in total. The molecule has 1 atom stereocenters. The molecule has 0 saturated carbocycles. The van der Waals surface area contributed by atoms with Crippen LogP contribution in [-0.2, 0) is 6.54 Å². The van der Waals surface area contributed by atoms with Crippen molar-refractivity contribution in [1.82, 2.24) is 4.90 Å². The standard InChI is InChI=1S/C9H13NO/c1-7-5-10(2)6-8-3-4-11-9(7)8/h3-4,7H,5-6H2,1-2H3. The summed E-state index contributed by atoms with van der Waals surface area (Å²) in [6.07, 6.45) is 1.79. The highest BCUT2D eigenvalue weighted by atomic mass is 16.3. The third-order valence-corrected chi connectivity index (χ3v) is 2.25. The van der Waals surface area contributed by atoms with Gasteiger partial charge in [0.2, 0.25) is 0 Å². The van der Waals surface area contributed by atoms with Crippen LogP contribution in [-0.4, -0.2) is 18.5 Å². The van der Waals surface area contributed by atoms with Gasteiger partial charge < -0.3 is 9.32 Å². The predicted octanol–water partition coefficient (Wildman–Crippen LogP) is 1.83. The molecule has 1 aromatic rings. The average Bonchev–Trinajstić information content (AvgIpc) is 2.34. The van der Waals surface area contributed by atoms with E-state index in [-0.39, 0.29) is 0 Å². The molecule has 0 saturated heterocycles. The zero-order valence-electron chi connectivity index (χ0n) is 7.00. The molecule has 1 unspecified atom stereocenters. The summed E-state index contributed by atoms with van der Waals surface area (Å²) in [6.45, 7) is 4.36. The van der Waals surface area contributed by atoms with Crippen LogP contribution in [0.4, 0.5) is 0 Å². The van der Waals surface area contributed by atoms with Gasteiger partial charge in [0.05, 0.1) is 6.26 Å². The summed E-state index contributed by atoms with van der Waals surface area (Å²) in [5.74, 6) is 1.74. The molecule has 2 nitrogen and oxygen atoms in total. The summed E-state index contributed by atoms with van der Waals surface area (Å²) in [6, 6.07) is 2.07. The van der Waals surface area contributed by atoms with Crippen molar-refractivity contribution in [3.63, 3.8) is 0 Å². The number of rotatable bonds is 0. The predicted molar refractivity (Wildman–Crippen MR) is 43.5 cm³/mol. The molecule has 0 spiro atoms. The first-order valence-electron chi connectivity index (χ1n) is 4.02. The van der Waals surface area contributed by atoms with Crippen LogP contribution in [0.2, 0.25) is 0 Å². The number of fused-ring (bicyclic) bond motifs is 1. The molecule has 2 heteroatoms. The van der Waals surface area contributed by atoms with Crippen LogP contribution in [0.3, 0.4) is 0 Å². The van der Waals surface area contributed by atoms with Crippen molar-refractivity contribution in [2.24, 2.45) is 0 Å². The summed E-state index contributed by atoms with van der Waals surface area (Å²) in [5.41, 5.74) is 1.35. The van der Waals surface area contributed by atoms with Crippen molar-refractivity contribution in [2.75, 3.05) is 13.6 Å². The van der Waals surface area contributed by atoms with Gasteiger partial charge in [0.1, 0.15) is 5.76 Å². The lowest BCUT2D eigenvalue weighted by Crippen LogP contribution is -2.28. The summed E-state index contributed by atoms with van der Waals surface area (Å²) < 4.78 is 5.39.